The summed E-state index contributed by atoms with van der Waals surface area (Å²) in [6.07, 6.45) is -0.536. The Hall–Kier alpha value is -2.70. The molecule has 134 valence electrons. The van der Waals surface area contributed by atoms with E-state index in [4.69, 9.17) is 0 Å². The van der Waals surface area contributed by atoms with E-state index in [0.29, 0.717) is 12.0 Å². The van der Waals surface area contributed by atoms with E-state index in [0.717, 1.165) is 0 Å². The van der Waals surface area contributed by atoms with E-state index in [1.165, 1.54) is 24.3 Å². The van der Waals surface area contributed by atoms with Crippen LogP contribution in [0.1, 0.15) is 68.8 Å². The van der Waals surface area contributed by atoms with E-state index >= 15 is 0 Å². The highest BCUT2D eigenvalue weighted by molar-refractivity contribution is 6.30. The second-order valence-corrected chi connectivity index (χ2v) is 7.05. The first kappa shape index (κ1) is 16.8. The zero-order valence-electron chi connectivity index (χ0n) is 14.1. The number of hydrogen-bond donors (Lipinski definition) is 4. The fourth-order valence-electron chi connectivity index (χ4n) is 4.06. The number of aliphatic hydroxyl groups is 2. The van der Waals surface area contributed by atoms with Crippen molar-refractivity contribution in [3.63, 3.8) is 0 Å². The van der Waals surface area contributed by atoms with Crippen LogP contribution in [0.5, 0.6) is 11.5 Å². The lowest BCUT2D eigenvalue weighted by Gasteiger charge is -2.37. The molecule has 2 unspecified atom stereocenters. The quantitative estimate of drug-likeness (QED) is 0.531. The standard InChI is InChI=1S/C20H18O6/c1-2-20(26)7-9-6-11-16(18(24)14(9)13(22)8-20)19(25)15-10(17(11)23)4-3-5-12(15)21/h3-6,13,21-22,24,26H,2,7-8H2,1H3. The molecule has 0 spiro atoms. The van der Waals surface area contributed by atoms with Crippen molar-refractivity contribution in [2.24, 2.45) is 0 Å². The van der Waals surface area contributed by atoms with E-state index in [9.17, 15) is 30.0 Å². The van der Waals surface area contributed by atoms with Gasteiger partial charge in [-0.3, -0.25) is 9.59 Å². The van der Waals surface area contributed by atoms with Gasteiger partial charge in [0.2, 0.25) is 5.78 Å². The van der Waals surface area contributed by atoms with Crippen LogP contribution in [0.15, 0.2) is 24.3 Å². The number of aliphatic hydroxyl groups excluding tert-OH is 1. The first-order valence-corrected chi connectivity index (χ1v) is 8.48. The average Bonchev–Trinajstić information content (AvgIpc) is 2.58. The summed E-state index contributed by atoms with van der Waals surface area (Å²) < 4.78 is 0. The van der Waals surface area contributed by atoms with Gasteiger partial charge in [0.15, 0.2) is 5.78 Å². The molecule has 0 amide bonds. The molecule has 0 aliphatic heterocycles. The predicted octanol–water partition coefficient (Wildman–Crippen LogP) is 1.99. The summed E-state index contributed by atoms with van der Waals surface area (Å²) in [7, 11) is 0. The molecule has 0 fully saturated rings. The molecule has 2 aliphatic rings. The second-order valence-electron chi connectivity index (χ2n) is 7.05. The average molecular weight is 354 g/mol. The van der Waals surface area contributed by atoms with E-state index < -0.39 is 29.0 Å². The molecule has 2 aromatic carbocycles. The summed E-state index contributed by atoms with van der Waals surface area (Å²) in [6, 6.07) is 5.70. The minimum absolute atomic E-state index is 0.0249. The molecule has 6 heteroatoms. The van der Waals surface area contributed by atoms with Crippen LogP contribution >= 0.6 is 0 Å². The van der Waals surface area contributed by atoms with Crippen LogP contribution in [-0.4, -0.2) is 37.6 Å². The van der Waals surface area contributed by atoms with Crippen molar-refractivity contribution < 1.29 is 30.0 Å². The second kappa shape index (κ2) is 5.40. The molecule has 26 heavy (non-hydrogen) atoms. The number of carbonyl (C=O) groups is 2. The number of carbonyl (C=O) groups excluding carboxylic acids is 2. The third-order valence-corrected chi connectivity index (χ3v) is 5.50. The van der Waals surface area contributed by atoms with E-state index in [-0.39, 0.29) is 46.4 Å². The number of fused-ring (bicyclic) bond motifs is 3. The Morgan fingerprint density at radius 3 is 2.54 bits per heavy atom. The van der Waals surface area contributed by atoms with Gasteiger partial charge in [-0.05, 0) is 24.1 Å². The summed E-state index contributed by atoms with van der Waals surface area (Å²) in [5.74, 6) is -1.92. The fraction of sp³-hybridized carbons (Fsp3) is 0.300. The minimum Gasteiger partial charge on any atom is -0.507 e. The Balaban J connectivity index is 1.98. The number of benzene rings is 2. The van der Waals surface area contributed by atoms with Gasteiger partial charge < -0.3 is 20.4 Å². The molecule has 0 bridgehead atoms. The molecule has 2 aliphatic carbocycles. The molecule has 0 saturated carbocycles. The van der Waals surface area contributed by atoms with Crippen LogP contribution in [0.25, 0.3) is 0 Å². The Morgan fingerprint density at radius 1 is 1.12 bits per heavy atom. The number of hydrogen-bond acceptors (Lipinski definition) is 6. The summed E-state index contributed by atoms with van der Waals surface area (Å²) in [4.78, 5) is 25.7. The molecule has 0 aromatic heterocycles. The van der Waals surface area contributed by atoms with Crippen LogP contribution in [0.4, 0.5) is 0 Å². The van der Waals surface area contributed by atoms with Crippen LogP contribution in [0, 0.1) is 0 Å². The fourth-order valence-corrected chi connectivity index (χ4v) is 4.06. The smallest absolute Gasteiger partial charge is 0.201 e. The molecule has 0 radical (unpaired) electrons. The van der Waals surface area contributed by atoms with Gasteiger partial charge in [-0.15, -0.1) is 0 Å². The molecule has 0 saturated heterocycles. The third kappa shape index (κ3) is 2.12. The molecule has 2 aromatic rings. The van der Waals surface area contributed by atoms with Gasteiger partial charge in [0.05, 0.1) is 22.8 Å². The van der Waals surface area contributed by atoms with Crippen molar-refractivity contribution in [3.05, 3.63) is 57.6 Å². The molecule has 0 heterocycles. The van der Waals surface area contributed by atoms with Crippen molar-refractivity contribution in [1.29, 1.82) is 0 Å². The maximum absolute atomic E-state index is 12.9. The minimum atomic E-state index is -1.15. The van der Waals surface area contributed by atoms with E-state index in [1.54, 1.807) is 6.92 Å². The van der Waals surface area contributed by atoms with Crippen molar-refractivity contribution >= 4 is 11.6 Å². The van der Waals surface area contributed by atoms with Crippen molar-refractivity contribution in [3.8, 4) is 11.5 Å². The SMILES string of the molecule is CCC1(O)Cc2cc3c(c(O)c2C(O)C1)C(=O)c1c(O)cccc1C3=O. The lowest BCUT2D eigenvalue weighted by molar-refractivity contribution is -0.0254. The zero-order chi connectivity index (χ0) is 18.8. The maximum atomic E-state index is 12.9. The van der Waals surface area contributed by atoms with Gasteiger partial charge in [-0.2, -0.15) is 0 Å². The summed E-state index contributed by atoms with van der Waals surface area (Å²) in [6.45, 7) is 1.80. The third-order valence-electron chi connectivity index (χ3n) is 5.50. The Bertz CT molecular complexity index is 977. The summed E-state index contributed by atoms with van der Waals surface area (Å²) in [5.41, 5.74) is -0.762. The molecule has 2 atom stereocenters. The number of phenols is 2. The number of phenolic OH excluding ortho intramolecular Hbond substituents is 2. The lowest BCUT2D eigenvalue weighted by Crippen LogP contribution is -2.37. The first-order valence-electron chi connectivity index (χ1n) is 8.48. The number of aromatic hydroxyl groups is 2. The maximum Gasteiger partial charge on any atom is 0.201 e. The van der Waals surface area contributed by atoms with Crippen LogP contribution < -0.4 is 0 Å². The first-order chi connectivity index (χ1) is 12.3. The van der Waals surface area contributed by atoms with Gasteiger partial charge in [0.1, 0.15) is 11.5 Å². The van der Waals surface area contributed by atoms with Crippen molar-refractivity contribution in [1.82, 2.24) is 0 Å². The van der Waals surface area contributed by atoms with Crippen molar-refractivity contribution in [2.75, 3.05) is 0 Å². The van der Waals surface area contributed by atoms with Gasteiger partial charge in [-0.25, -0.2) is 0 Å². The highest BCUT2D eigenvalue weighted by Gasteiger charge is 2.42. The van der Waals surface area contributed by atoms with Crippen LogP contribution in [-0.2, 0) is 6.42 Å². The molecular weight excluding hydrogens is 336 g/mol. The molecular formula is C20H18O6. The lowest BCUT2D eigenvalue weighted by atomic mass is 9.73. The van der Waals surface area contributed by atoms with Gasteiger partial charge in [0.25, 0.3) is 0 Å². The highest BCUT2D eigenvalue weighted by Crippen LogP contribution is 2.46. The molecule has 6 nitrogen and oxygen atoms in total. The van der Waals surface area contributed by atoms with Gasteiger partial charge >= 0.3 is 0 Å². The number of rotatable bonds is 1. The summed E-state index contributed by atoms with van der Waals surface area (Å²) >= 11 is 0. The van der Waals surface area contributed by atoms with E-state index in [2.05, 4.69) is 0 Å². The largest absolute Gasteiger partial charge is 0.507 e. The highest BCUT2D eigenvalue weighted by atomic mass is 16.3. The van der Waals surface area contributed by atoms with Crippen molar-refractivity contribution in [2.45, 2.75) is 37.9 Å². The monoisotopic (exact) mass is 354 g/mol. The van der Waals surface area contributed by atoms with Gasteiger partial charge in [0, 0.05) is 29.5 Å². The predicted molar refractivity (Wildman–Crippen MR) is 91.6 cm³/mol. The van der Waals surface area contributed by atoms with Crippen LogP contribution in [0.2, 0.25) is 0 Å². The van der Waals surface area contributed by atoms with E-state index in [1.807, 2.05) is 0 Å². The van der Waals surface area contributed by atoms with Crippen LogP contribution in [0.3, 0.4) is 0 Å². The summed E-state index contributed by atoms with van der Waals surface area (Å²) in [5, 5.41) is 41.7. The number of ketones is 2. The Labute approximate surface area is 149 Å². The molecule has 4 N–H and O–H groups in total. The molecule has 4 rings (SSSR count). The zero-order valence-corrected chi connectivity index (χ0v) is 14.1. The normalized spacial score (nSPS) is 24.0. The Kier molecular flexibility index (Phi) is 3.48. The topological polar surface area (TPSA) is 115 Å². The van der Waals surface area contributed by atoms with Gasteiger partial charge in [-0.1, -0.05) is 19.1 Å². The Morgan fingerprint density at radius 2 is 1.85 bits per heavy atom.